The van der Waals surface area contributed by atoms with Crippen LogP contribution in [0.25, 0.3) is 6.08 Å². The van der Waals surface area contributed by atoms with Gasteiger partial charge in [-0.3, -0.25) is 19.5 Å². The molecule has 2 amide bonds. The topological polar surface area (TPSA) is 71.5 Å². The van der Waals surface area contributed by atoms with Gasteiger partial charge in [-0.05, 0) is 35.9 Å². The van der Waals surface area contributed by atoms with Crippen molar-refractivity contribution in [2.24, 2.45) is 0 Å². The van der Waals surface area contributed by atoms with Gasteiger partial charge in [-0.2, -0.15) is 0 Å². The van der Waals surface area contributed by atoms with Gasteiger partial charge in [0.05, 0.1) is 17.6 Å². The summed E-state index contributed by atoms with van der Waals surface area (Å²) in [6, 6.07) is 10.8. The quantitative estimate of drug-likeness (QED) is 0.595. The lowest BCUT2D eigenvalue weighted by Gasteiger charge is -2.14. The number of hydrogen-bond donors (Lipinski definition) is 1. The summed E-state index contributed by atoms with van der Waals surface area (Å²) in [6.07, 6.45) is 4.88. The molecule has 1 N–H and O–H groups in total. The van der Waals surface area contributed by atoms with E-state index in [1.165, 1.54) is 22.9 Å². The van der Waals surface area contributed by atoms with Gasteiger partial charge in [0.2, 0.25) is 0 Å². The zero-order chi connectivity index (χ0) is 19.2. The average Bonchev–Trinajstić information content (AvgIpc) is 2.96. The molecule has 3 rings (SSSR count). The number of thioether (sulfide) groups is 1. The first kappa shape index (κ1) is 19.1. The summed E-state index contributed by atoms with van der Waals surface area (Å²) in [5.74, 6) is 0.321. The molecule has 0 aliphatic carbocycles. The summed E-state index contributed by atoms with van der Waals surface area (Å²) in [5.41, 5.74) is 1.33. The highest BCUT2D eigenvalue weighted by Gasteiger charge is 2.31. The van der Waals surface area contributed by atoms with Crippen LogP contribution in [0.3, 0.4) is 0 Å². The first-order chi connectivity index (χ1) is 13.1. The highest BCUT2D eigenvalue weighted by atomic mass is 32.2. The monoisotopic (exact) mass is 399 g/mol. The van der Waals surface area contributed by atoms with Crippen LogP contribution in [0.15, 0.2) is 53.7 Å². The highest BCUT2D eigenvalue weighted by Crippen LogP contribution is 2.32. The van der Waals surface area contributed by atoms with E-state index in [9.17, 15) is 9.59 Å². The molecule has 1 aliphatic heterocycles. The second kappa shape index (κ2) is 8.79. The Morgan fingerprint density at radius 3 is 2.96 bits per heavy atom. The minimum absolute atomic E-state index is 0.163. The third kappa shape index (κ3) is 4.72. The van der Waals surface area contributed by atoms with E-state index in [0.29, 0.717) is 27.9 Å². The fourth-order valence-electron chi connectivity index (χ4n) is 2.46. The molecule has 2 aromatic rings. The van der Waals surface area contributed by atoms with Gasteiger partial charge in [-0.25, -0.2) is 0 Å². The predicted octanol–water partition coefficient (Wildman–Crippen LogP) is 2.72. The number of nitrogens with zero attached hydrogens (tertiary/aromatic N) is 2. The van der Waals surface area contributed by atoms with Crippen molar-refractivity contribution in [2.75, 3.05) is 20.2 Å². The van der Waals surface area contributed by atoms with E-state index in [2.05, 4.69) is 10.3 Å². The van der Waals surface area contributed by atoms with Crippen LogP contribution in [0.2, 0.25) is 0 Å². The van der Waals surface area contributed by atoms with Gasteiger partial charge in [0.15, 0.2) is 0 Å². The summed E-state index contributed by atoms with van der Waals surface area (Å²) < 4.78 is 5.68. The van der Waals surface area contributed by atoms with Crippen molar-refractivity contribution in [3.8, 4) is 5.75 Å². The molecule has 0 spiro atoms. The van der Waals surface area contributed by atoms with E-state index in [4.69, 9.17) is 17.0 Å². The molecule has 138 valence electrons. The number of thiocarbonyl (C=S) groups is 1. The van der Waals surface area contributed by atoms with E-state index in [1.807, 2.05) is 24.3 Å². The number of carbonyl (C=O) groups excluding carboxylic acids is 2. The van der Waals surface area contributed by atoms with Crippen LogP contribution in [0.4, 0.5) is 0 Å². The standard InChI is InChI=1S/C19H17N3O3S2/c1-25-15-6-2-4-13(10-15)11-16-18(24)22(19(26)27-16)9-8-21-17(23)14-5-3-7-20-12-14/h2-7,10-12H,8-9H2,1H3,(H,21,23)/b16-11+. The summed E-state index contributed by atoms with van der Waals surface area (Å²) >= 11 is 6.56. The molecule has 0 saturated carbocycles. The molecule has 6 nitrogen and oxygen atoms in total. The Morgan fingerprint density at radius 2 is 2.22 bits per heavy atom. The summed E-state index contributed by atoms with van der Waals surface area (Å²) in [4.78, 5) is 30.6. The Balaban J connectivity index is 1.60. The van der Waals surface area contributed by atoms with Crippen LogP contribution in [-0.2, 0) is 4.79 Å². The maximum Gasteiger partial charge on any atom is 0.266 e. The number of carbonyl (C=O) groups is 2. The Bertz CT molecular complexity index is 900. The van der Waals surface area contributed by atoms with E-state index in [1.54, 1.807) is 31.5 Å². The number of rotatable bonds is 6. The van der Waals surface area contributed by atoms with Crippen molar-refractivity contribution in [3.05, 3.63) is 64.8 Å². The van der Waals surface area contributed by atoms with Gasteiger partial charge in [-0.15, -0.1) is 0 Å². The number of amides is 2. The lowest BCUT2D eigenvalue weighted by Crippen LogP contribution is -2.37. The number of ether oxygens (including phenoxy) is 1. The minimum atomic E-state index is -0.236. The normalized spacial score (nSPS) is 15.3. The first-order valence-electron chi connectivity index (χ1n) is 8.16. The second-order valence-corrected chi connectivity index (χ2v) is 7.28. The zero-order valence-electron chi connectivity index (χ0n) is 14.5. The number of methoxy groups -OCH3 is 1. The molecule has 1 aliphatic rings. The number of nitrogens with one attached hydrogen (secondary N) is 1. The minimum Gasteiger partial charge on any atom is -0.497 e. The fraction of sp³-hybridized carbons (Fsp3) is 0.158. The van der Waals surface area contributed by atoms with Crippen LogP contribution in [0.5, 0.6) is 5.75 Å². The van der Waals surface area contributed by atoms with Crippen molar-refractivity contribution < 1.29 is 14.3 Å². The second-order valence-electron chi connectivity index (χ2n) is 5.61. The van der Waals surface area contributed by atoms with Crippen LogP contribution in [-0.4, -0.2) is 46.2 Å². The Morgan fingerprint density at radius 1 is 1.37 bits per heavy atom. The van der Waals surface area contributed by atoms with Crippen molar-refractivity contribution in [1.82, 2.24) is 15.2 Å². The number of pyridine rings is 1. The summed E-state index contributed by atoms with van der Waals surface area (Å²) in [5, 5.41) is 2.77. The van der Waals surface area contributed by atoms with Crippen LogP contribution in [0, 0.1) is 0 Å². The molecule has 1 saturated heterocycles. The number of benzene rings is 1. The lowest BCUT2D eigenvalue weighted by molar-refractivity contribution is -0.122. The number of hydrogen-bond acceptors (Lipinski definition) is 6. The molecule has 1 fully saturated rings. The maximum atomic E-state index is 12.6. The molecule has 1 aromatic carbocycles. The van der Waals surface area contributed by atoms with E-state index < -0.39 is 0 Å². The van der Waals surface area contributed by atoms with Gasteiger partial charge >= 0.3 is 0 Å². The molecule has 0 bridgehead atoms. The smallest absolute Gasteiger partial charge is 0.266 e. The third-order valence-electron chi connectivity index (χ3n) is 3.81. The zero-order valence-corrected chi connectivity index (χ0v) is 16.2. The fourth-order valence-corrected chi connectivity index (χ4v) is 3.76. The van der Waals surface area contributed by atoms with E-state index in [0.717, 1.165) is 11.3 Å². The Labute approximate surface area is 166 Å². The van der Waals surface area contributed by atoms with Crippen molar-refractivity contribution in [2.45, 2.75) is 0 Å². The van der Waals surface area contributed by atoms with Crippen LogP contribution < -0.4 is 10.1 Å². The molecule has 0 unspecified atom stereocenters. The molecule has 27 heavy (non-hydrogen) atoms. The molecular formula is C19H17N3O3S2. The van der Waals surface area contributed by atoms with Gasteiger partial charge in [-0.1, -0.05) is 36.1 Å². The summed E-state index contributed by atoms with van der Waals surface area (Å²) in [6.45, 7) is 0.610. The molecule has 1 aromatic heterocycles. The van der Waals surface area contributed by atoms with Crippen molar-refractivity contribution in [1.29, 1.82) is 0 Å². The van der Waals surface area contributed by atoms with Crippen molar-refractivity contribution >= 4 is 46.2 Å². The van der Waals surface area contributed by atoms with Crippen molar-refractivity contribution in [3.63, 3.8) is 0 Å². The molecule has 0 atom stereocenters. The largest absolute Gasteiger partial charge is 0.497 e. The Kier molecular flexibility index (Phi) is 6.20. The van der Waals surface area contributed by atoms with Crippen LogP contribution >= 0.6 is 24.0 Å². The lowest BCUT2D eigenvalue weighted by atomic mass is 10.2. The van der Waals surface area contributed by atoms with Gasteiger partial charge in [0.25, 0.3) is 11.8 Å². The van der Waals surface area contributed by atoms with E-state index in [-0.39, 0.29) is 11.8 Å². The summed E-state index contributed by atoms with van der Waals surface area (Å²) in [7, 11) is 1.60. The molecular weight excluding hydrogens is 382 g/mol. The third-order valence-corrected chi connectivity index (χ3v) is 5.19. The molecule has 2 heterocycles. The molecule has 8 heteroatoms. The Hall–Kier alpha value is -2.71. The SMILES string of the molecule is COc1cccc(/C=C2/SC(=S)N(CCNC(=O)c3cccnc3)C2=O)c1. The van der Waals surface area contributed by atoms with Gasteiger partial charge in [0, 0.05) is 25.5 Å². The van der Waals surface area contributed by atoms with E-state index >= 15 is 0 Å². The van der Waals surface area contributed by atoms with Gasteiger partial charge in [0.1, 0.15) is 10.1 Å². The average molecular weight is 399 g/mol. The number of aromatic nitrogens is 1. The van der Waals surface area contributed by atoms with Gasteiger partial charge < -0.3 is 10.1 Å². The van der Waals surface area contributed by atoms with Crippen LogP contribution in [0.1, 0.15) is 15.9 Å². The predicted molar refractivity (Wildman–Crippen MR) is 109 cm³/mol. The first-order valence-corrected chi connectivity index (χ1v) is 9.38. The maximum absolute atomic E-state index is 12.6. The molecule has 0 radical (unpaired) electrons. The highest BCUT2D eigenvalue weighted by molar-refractivity contribution is 8.26.